The molecular formula is C12H10FN5. The summed E-state index contributed by atoms with van der Waals surface area (Å²) in [5.74, 6) is 0.131. The minimum Gasteiger partial charge on any atom is -0.365 e. The van der Waals surface area contributed by atoms with Crippen molar-refractivity contribution in [3.63, 3.8) is 0 Å². The van der Waals surface area contributed by atoms with E-state index in [1.54, 1.807) is 24.5 Å². The Morgan fingerprint density at radius 1 is 1.28 bits per heavy atom. The molecule has 0 saturated heterocycles. The first-order chi connectivity index (χ1) is 8.83. The summed E-state index contributed by atoms with van der Waals surface area (Å²) in [5, 5.41) is 3.02. The molecule has 0 atom stereocenters. The lowest BCUT2D eigenvalue weighted by molar-refractivity contribution is 0.569. The van der Waals surface area contributed by atoms with E-state index in [0.717, 1.165) is 11.2 Å². The lowest BCUT2D eigenvalue weighted by atomic mass is 10.3. The van der Waals surface area contributed by atoms with Crippen molar-refractivity contribution in [2.24, 2.45) is 0 Å². The van der Waals surface area contributed by atoms with Crippen LogP contribution in [0, 0.1) is 5.95 Å². The van der Waals surface area contributed by atoms with Gasteiger partial charge >= 0.3 is 0 Å². The molecule has 0 aromatic carbocycles. The fourth-order valence-corrected chi connectivity index (χ4v) is 1.65. The van der Waals surface area contributed by atoms with Gasteiger partial charge in [-0.1, -0.05) is 6.07 Å². The van der Waals surface area contributed by atoms with Crippen molar-refractivity contribution in [1.82, 2.24) is 19.9 Å². The average Bonchev–Trinajstić information content (AvgIpc) is 2.85. The van der Waals surface area contributed by atoms with Crippen LogP contribution in [0.15, 0.2) is 36.8 Å². The van der Waals surface area contributed by atoms with E-state index in [4.69, 9.17) is 0 Å². The molecule has 0 aliphatic rings. The van der Waals surface area contributed by atoms with Gasteiger partial charge in [-0.2, -0.15) is 4.39 Å². The van der Waals surface area contributed by atoms with Gasteiger partial charge in [0.2, 0.25) is 5.95 Å². The molecule has 0 spiro atoms. The predicted octanol–water partition coefficient (Wildman–Crippen LogP) is 2.10. The van der Waals surface area contributed by atoms with Gasteiger partial charge in [-0.15, -0.1) is 0 Å². The minimum atomic E-state index is -0.472. The summed E-state index contributed by atoms with van der Waals surface area (Å²) >= 11 is 0. The molecule has 2 N–H and O–H groups in total. The Kier molecular flexibility index (Phi) is 2.60. The number of halogens is 1. The Morgan fingerprint density at radius 3 is 3.11 bits per heavy atom. The molecule has 18 heavy (non-hydrogen) atoms. The van der Waals surface area contributed by atoms with Gasteiger partial charge in [-0.25, -0.2) is 15.0 Å². The molecular weight excluding hydrogens is 233 g/mol. The van der Waals surface area contributed by atoms with Crippen LogP contribution in [0.2, 0.25) is 0 Å². The van der Waals surface area contributed by atoms with Crippen LogP contribution in [-0.4, -0.2) is 19.9 Å². The molecule has 5 nitrogen and oxygen atoms in total. The van der Waals surface area contributed by atoms with Crippen molar-refractivity contribution >= 4 is 17.0 Å². The van der Waals surface area contributed by atoms with Crippen LogP contribution in [0.1, 0.15) is 5.56 Å². The van der Waals surface area contributed by atoms with Crippen LogP contribution in [0.4, 0.5) is 10.2 Å². The Hall–Kier alpha value is -2.50. The van der Waals surface area contributed by atoms with E-state index in [0.29, 0.717) is 17.9 Å². The zero-order valence-electron chi connectivity index (χ0n) is 9.39. The van der Waals surface area contributed by atoms with Gasteiger partial charge in [-0.3, -0.25) is 0 Å². The van der Waals surface area contributed by atoms with Crippen LogP contribution in [0.5, 0.6) is 0 Å². The highest BCUT2D eigenvalue weighted by atomic mass is 19.1. The molecule has 0 aliphatic heterocycles. The summed E-state index contributed by atoms with van der Waals surface area (Å²) in [6.07, 6.45) is 4.80. The number of nitrogens with one attached hydrogen (secondary N) is 2. The molecule has 0 fully saturated rings. The average molecular weight is 243 g/mol. The summed E-state index contributed by atoms with van der Waals surface area (Å²) < 4.78 is 13.3. The highest BCUT2D eigenvalue weighted by Gasteiger charge is 2.03. The van der Waals surface area contributed by atoms with Crippen LogP contribution in [0.25, 0.3) is 11.2 Å². The highest BCUT2D eigenvalue weighted by Crippen LogP contribution is 2.11. The van der Waals surface area contributed by atoms with Gasteiger partial charge in [0.1, 0.15) is 11.3 Å². The molecule has 3 heterocycles. The maximum absolute atomic E-state index is 13.3. The molecule has 90 valence electrons. The summed E-state index contributed by atoms with van der Waals surface area (Å²) in [6, 6.07) is 5.21. The highest BCUT2D eigenvalue weighted by molar-refractivity contribution is 5.71. The van der Waals surface area contributed by atoms with E-state index in [2.05, 4.69) is 25.3 Å². The molecule has 3 aromatic heterocycles. The molecule has 3 rings (SSSR count). The number of pyridine rings is 1. The standard InChI is InChI=1S/C12H10FN5/c13-11-8(2-1-4-14-11)6-16-10-7-17-12-9(18-10)3-5-15-12/h1-5,7H,6H2,(H,15,17)(H,16,18). The first-order valence-corrected chi connectivity index (χ1v) is 5.46. The Labute approximate surface area is 102 Å². The smallest absolute Gasteiger partial charge is 0.217 e. The number of rotatable bonds is 3. The molecule has 0 saturated carbocycles. The Morgan fingerprint density at radius 2 is 2.22 bits per heavy atom. The minimum absolute atomic E-state index is 0.324. The molecule has 0 radical (unpaired) electrons. The summed E-state index contributed by atoms with van der Waals surface area (Å²) in [7, 11) is 0. The van der Waals surface area contributed by atoms with Crippen molar-refractivity contribution in [3.05, 3.63) is 48.3 Å². The Balaban J connectivity index is 1.78. The third-order valence-electron chi connectivity index (χ3n) is 2.56. The monoisotopic (exact) mass is 243 g/mol. The number of H-pyrrole nitrogens is 1. The Bertz CT molecular complexity index is 679. The van der Waals surface area contributed by atoms with Crippen molar-refractivity contribution in [3.8, 4) is 0 Å². The van der Waals surface area contributed by atoms with E-state index in [-0.39, 0.29) is 0 Å². The van der Waals surface area contributed by atoms with E-state index in [1.807, 2.05) is 6.07 Å². The van der Waals surface area contributed by atoms with Gasteiger partial charge in [0.15, 0.2) is 5.65 Å². The van der Waals surface area contributed by atoms with Gasteiger partial charge in [0.25, 0.3) is 0 Å². The molecule has 0 bridgehead atoms. The third kappa shape index (κ3) is 2.00. The van der Waals surface area contributed by atoms with Crippen LogP contribution in [0.3, 0.4) is 0 Å². The predicted molar refractivity (Wildman–Crippen MR) is 65.4 cm³/mol. The molecule has 6 heteroatoms. The van der Waals surface area contributed by atoms with Crippen LogP contribution in [-0.2, 0) is 6.54 Å². The number of fused-ring (bicyclic) bond motifs is 1. The van der Waals surface area contributed by atoms with Gasteiger partial charge in [0.05, 0.1) is 6.20 Å². The summed E-state index contributed by atoms with van der Waals surface area (Å²) in [4.78, 5) is 15.1. The second-order valence-electron chi connectivity index (χ2n) is 3.77. The van der Waals surface area contributed by atoms with Crippen molar-refractivity contribution in [2.75, 3.05) is 5.32 Å². The van der Waals surface area contributed by atoms with E-state index in [1.165, 1.54) is 6.20 Å². The van der Waals surface area contributed by atoms with E-state index < -0.39 is 5.95 Å². The SMILES string of the molecule is Fc1ncccc1CNc1cnc2[nH]ccc2n1. The van der Waals surface area contributed by atoms with Crippen molar-refractivity contribution in [2.45, 2.75) is 6.54 Å². The van der Waals surface area contributed by atoms with Crippen LogP contribution < -0.4 is 5.32 Å². The third-order valence-corrected chi connectivity index (χ3v) is 2.56. The number of anilines is 1. The first-order valence-electron chi connectivity index (χ1n) is 5.46. The van der Waals surface area contributed by atoms with E-state index in [9.17, 15) is 4.39 Å². The lowest BCUT2D eigenvalue weighted by Gasteiger charge is -2.05. The largest absolute Gasteiger partial charge is 0.365 e. The topological polar surface area (TPSA) is 66.5 Å². The summed E-state index contributed by atoms with van der Waals surface area (Å²) in [5.41, 5.74) is 1.99. The van der Waals surface area contributed by atoms with Crippen molar-refractivity contribution in [1.29, 1.82) is 0 Å². The molecule has 3 aromatic rings. The number of aromatic amines is 1. The maximum atomic E-state index is 13.3. The molecule has 0 unspecified atom stereocenters. The second-order valence-corrected chi connectivity index (χ2v) is 3.77. The first kappa shape index (κ1) is 10.6. The molecule has 0 aliphatic carbocycles. The van der Waals surface area contributed by atoms with Crippen molar-refractivity contribution < 1.29 is 4.39 Å². The fourth-order valence-electron chi connectivity index (χ4n) is 1.65. The zero-order valence-corrected chi connectivity index (χ0v) is 9.39. The van der Waals surface area contributed by atoms with Gasteiger partial charge < -0.3 is 10.3 Å². The number of aromatic nitrogens is 4. The lowest BCUT2D eigenvalue weighted by Crippen LogP contribution is -2.04. The normalized spacial score (nSPS) is 10.7. The quantitative estimate of drug-likeness (QED) is 0.691. The van der Waals surface area contributed by atoms with Gasteiger partial charge in [-0.05, 0) is 12.1 Å². The number of nitrogens with zero attached hydrogens (tertiary/aromatic N) is 3. The number of hydrogen-bond donors (Lipinski definition) is 2. The van der Waals surface area contributed by atoms with Crippen LogP contribution >= 0.6 is 0 Å². The number of hydrogen-bond acceptors (Lipinski definition) is 4. The fraction of sp³-hybridized carbons (Fsp3) is 0.0833. The molecule has 0 amide bonds. The zero-order chi connectivity index (χ0) is 12.4. The maximum Gasteiger partial charge on any atom is 0.217 e. The summed E-state index contributed by atoms with van der Waals surface area (Å²) in [6.45, 7) is 0.324. The van der Waals surface area contributed by atoms with Gasteiger partial charge in [0, 0.05) is 24.5 Å². The second kappa shape index (κ2) is 4.40. The van der Waals surface area contributed by atoms with E-state index >= 15 is 0 Å².